The zero-order valence-electron chi connectivity index (χ0n) is 15.6. The topological polar surface area (TPSA) is 62.5 Å². The van der Waals surface area contributed by atoms with Crippen LogP contribution in [0, 0.1) is 0 Å². The highest BCUT2D eigenvalue weighted by atomic mass is 32.2. The number of anilines is 1. The Balaban J connectivity index is 1.75. The molecule has 0 atom stereocenters. The van der Waals surface area contributed by atoms with Crippen molar-refractivity contribution in [3.05, 3.63) is 35.4 Å². The van der Waals surface area contributed by atoms with Gasteiger partial charge in [0.1, 0.15) is 11.6 Å². The maximum atomic E-state index is 13.2. The Morgan fingerprint density at radius 1 is 1.29 bits per heavy atom. The molecule has 152 valence electrons. The van der Waals surface area contributed by atoms with E-state index in [1.165, 1.54) is 4.90 Å². The van der Waals surface area contributed by atoms with Gasteiger partial charge in [0.25, 0.3) is 5.91 Å². The van der Waals surface area contributed by atoms with Crippen molar-refractivity contribution in [1.82, 2.24) is 14.9 Å². The first-order valence-electron chi connectivity index (χ1n) is 8.96. The molecule has 10 heteroatoms. The van der Waals surface area contributed by atoms with Crippen LogP contribution in [0.5, 0.6) is 0 Å². The van der Waals surface area contributed by atoms with Gasteiger partial charge in [-0.2, -0.15) is 13.2 Å². The van der Waals surface area contributed by atoms with Gasteiger partial charge in [0, 0.05) is 32.7 Å². The fourth-order valence-electron chi connectivity index (χ4n) is 2.77. The number of hydrogen-bond donors (Lipinski definition) is 0. The quantitative estimate of drug-likeness (QED) is 0.525. The molecular formula is C18H21F3N4O2S. The van der Waals surface area contributed by atoms with Gasteiger partial charge in [-0.15, -0.1) is 0 Å². The largest absolute Gasteiger partial charge is 0.455 e. The summed E-state index contributed by atoms with van der Waals surface area (Å²) in [5, 5.41) is 0.0340. The summed E-state index contributed by atoms with van der Waals surface area (Å²) < 4.78 is 45.2. The number of alkyl halides is 3. The van der Waals surface area contributed by atoms with Gasteiger partial charge >= 0.3 is 6.18 Å². The smallest absolute Gasteiger partial charge is 0.433 e. The second-order valence-corrected chi connectivity index (χ2v) is 7.40. The number of hydrogen-bond acceptors (Lipinski definition) is 6. The van der Waals surface area contributed by atoms with Gasteiger partial charge < -0.3 is 14.2 Å². The SMILES string of the molecule is CCN(C)C(=O)c1ccc(CSc2nc(N3CCCC3)cc(C(F)(F)F)n2)o1. The summed E-state index contributed by atoms with van der Waals surface area (Å²) in [7, 11) is 1.66. The Morgan fingerprint density at radius 3 is 2.64 bits per heavy atom. The van der Waals surface area contributed by atoms with Crippen molar-refractivity contribution in [2.24, 2.45) is 0 Å². The molecule has 28 heavy (non-hydrogen) atoms. The van der Waals surface area contributed by atoms with Crippen LogP contribution >= 0.6 is 11.8 Å². The molecule has 0 saturated carbocycles. The van der Waals surface area contributed by atoms with Gasteiger partial charge in [0.05, 0.1) is 5.75 Å². The maximum absolute atomic E-state index is 13.2. The van der Waals surface area contributed by atoms with E-state index in [1.807, 2.05) is 11.8 Å². The number of halogens is 3. The van der Waals surface area contributed by atoms with Crippen molar-refractivity contribution >= 4 is 23.5 Å². The van der Waals surface area contributed by atoms with Crippen LogP contribution in [0.1, 0.15) is 41.8 Å². The predicted octanol–water partition coefficient (Wildman–Crippen LogP) is 4.07. The van der Waals surface area contributed by atoms with E-state index in [-0.39, 0.29) is 22.6 Å². The number of carbonyl (C=O) groups is 1. The van der Waals surface area contributed by atoms with E-state index < -0.39 is 11.9 Å². The Morgan fingerprint density at radius 2 is 2.00 bits per heavy atom. The third-order valence-corrected chi connectivity index (χ3v) is 5.32. The van der Waals surface area contributed by atoms with Gasteiger partial charge in [0.15, 0.2) is 16.6 Å². The van der Waals surface area contributed by atoms with Crippen molar-refractivity contribution in [2.75, 3.05) is 31.6 Å². The summed E-state index contributed by atoms with van der Waals surface area (Å²) in [5.74, 6) is 0.945. The molecular weight excluding hydrogens is 393 g/mol. The number of amides is 1. The molecule has 2 aromatic rings. The lowest BCUT2D eigenvalue weighted by Gasteiger charge is -2.18. The summed E-state index contributed by atoms with van der Waals surface area (Å²) in [6, 6.07) is 4.20. The Hall–Kier alpha value is -2.23. The lowest BCUT2D eigenvalue weighted by molar-refractivity contribution is -0.141. The van der Waals surface area contributed by atoms with Crippen molar-refractivity contribution in [3.63, 3.8) is 0 Å². The van der Waals surface area contributed by atoms with E-state index >= 15 is 0 Å². The Kier molecular flexibility index (Phi) is 6.17. The van der Waals surface area contributed by atoms with E-state index in [0.29, 0.717) is 31.2 Å². The Bertz CT molecular complexity index is 834. The molecule has 2 aromatic heterocycles. The molecule has 0 bridgehead atoms. The lowest BCUT2D eigenvalue weighted by Crippen LogP contribution is -2.25. The molecule has 1 aliphatic rings. The number of furan rings is 1. The average molecular weight is 414 g/mol. The molecule has 1 saturated heterocycles. The van der Waals surface area contributed by atoms with E-state index in [2.05, 4.69) is 9.97 Å². The minimum absolute atomic E-state index is 0.0340. The van der Waals surface area contributed by atoms with Crippen LogP contribution in [0.2, 0.25) is 0 Å². The maximum Gasteiger partial charge on any atom is 0.433 e. The van der Waals surface area contributed by atoms with Crippen LogP contribution in [0.4, 0.5) is 19.0 Å². The zero-order valence-corrected chi connectivity index (χ0v) is 16.4. The number of aromatic nitrogens is 2. The van der Waals surface area contributed by atoms with Gasteiger partial charge in [-0.25, -0.2) is 9.97 Å². The van der Waals surface area contributed by atoms with Gasteiger partial charge in [0.2, 0.25) is 0 Å². The molecule has 1 aliphatic heterocycles. The highest BCUT2D eigenvalue weighted by Crippen LogP contribution is 2.33. The normalized spacial score (nSPS) is 14.5. The highest BCUT2D eigenvalue weighted by molar-refractivity contribution is 7.98. The summed E-state index contributed by atoms with van der Waals surface area (Å²) in [4.78, 5) is 23.4. The molecule has 1 amide bonds. The first-order chi connectivity index (χ1) is 13.3. The van der Waals surface area contributed by atoms with E-state index in [0.717, 1.165) is 30.7 Å². The fraction of sp³-hybridized carbons (Fsp3) is 0.500. The summed E-state index contributed by atoms with van der Waals surface area (Å²) >= 11 is 1.05. The number of nitrogens with zero attached hydrogens (tertiary/aromatic N) is 4. The van der Waals surface area contributed by atoms with Crippen LogP contribution in [-0.2, 0) is 11.9 Å². The first-order valence-corrected chi connectivity index (χ1v) is 9.94. The molecule has 0 N–H and O–H groups in total. The van der Waals surface area contributed by atoms with E-state index in [1.54, 1.807) is 19.2 Å². The van der Waals surface area contributed by atoms with Crippen LogP contribution in [-0.4, -0.2) is 47.5 Å². The molecule has 3 heterocycles. The average Bonchev–Trinajstić information content (AvgIpc) is 3.36. The third-order valence-electron chi connectivity index (χ3n) is 4.45. The monoisotopic (exact) mass is 414 g/mol. The molecule has 0 unspecified atom stereocenters. The summed E-state index contributed by atoms with van der Waals surface area (Å²) in [5.41, 5.74) is -0.952. The van der Waals surface area contributed by atoms with Crippen LogP contribution in [0.25, 0.3) is 0 Å². The second-order valence-electron chi connectivity index (χ2n) is 6.46. The van der Waals surface area contributed by atoms with Gasteiger partial charge in [-0.05, 0) is 31.9 Å². The van der Waals surface area contributed by atoms with Crippen LogP contribution in [0.3, 0.4) is 0 Å². The molecule has 3 rings (SSSR count). The third kappa shape index (κ3) is 4.78. The molecule has 0 radical (unpaired) electrons. The van der Waals surface area contributed by atoms with E-state index in [9.17, 15) is 18.0 Å². The predicted molar refractivity (Wildman–Crippen MR) is 99.4 cm³/mol. The molecule has 6 nitrogen and oxygen atoms in total. The molecule has 1 fully saturated rings. The minimum Gasteiger partial charge on any atom is -0.455 e. The summed E-state index contributed by atoms with van der Waals surface area (Å²) in [6.45, 7) is 3.77. The molecule has 0 spiro atoms. The van der Waals surface area contributed by atoms with Crippen LogP contribution < -0.4 is 4.90 Å². The van der Waals surface area contributed by atoms with Crippen molar-refractivity contribution in [1.29, 1.82) is 0 Å². The lowest BCUT2D eigenvalue weighted by atomic mass is 10.3. The van der Waals surface area contributed by atoms with E-state index in [4.69, 9.17) is 4.42 Å². The van der Waals surface area contributed by atoms with Crippen molar-refractivity contribution in [2.45, 2.75) is 36.9 Å². The zero-order chi connectivity index (χ0) is 20.3. The number of rotatable bonds is 6. The van der Waals surface area contributed by atoms with Crippen molar-refractivity contribution < 1.29 is 22.4 Å². The minimum atomic E-state index is -4.54. The first kappa shape index (κ1) is 20.5. The summed E-state index contributed by atoms with van der Waals surface area (Å²) in [6.07, 6.45) is -2.67. The Labute approximate surface area is 165 Å². The second kappa shape index (κ2) is 8.42. The number of thioether (sulfide) groups is 1. The van der Waals surface area contributed by atoms with Crippen molar-refractivity contribution in [3.8, 4) is 0 Å². The highest BCUT2D eigenvalue weighted by Gasteiger charge is 2.34. The number of carbonyl (C=O) groups excluding carboxylic acids is 1. The molecule has 0 aliphatic carbocycles. The van der Waals surface area contributed by atoms with Gasteiger partial charge in [-0.1, -0.05) is 11.8 Å². The molecule has 0 aromatic carbocycles. The van der Waals surface area contributed by atoms with Crippen LogP contribution in [0.15, 0.2) is 27.8 Å². The fourth-order valence-corrected chi connectivity index (χ4v) is 3.52. The standard InChI is InChI=1S/C18H21F3N4O2S/c1-3-24(2)16(26)13-7-6-12(27-13)11-28-17-22-14(18(19,20)21)10-15(23-17)25-8-4-5-9-25/h6-7,10H,3-5,8-9,11H2,1-2H3. The van der Waals surface area contributed by atoms with Gasteiger partial charge in [-0.3, -0.25) is 4.79 Å².